The molecular weight excluding hydrogens is 217 g/mol. The largest absolute Gasteiger partial charge is 0.478 e. The van der Waals surface area contributed by atoms with E-state index in [0.29, 0.717) is 6.54 Å². The predicted molar refractivity (Wildman–Crippen MR) is 67.3 cm³/mol. The SMILES string of the molecule is C#CCOc1ccc(CNC(C)(C)C)cc1F. The Bertz CT molecular complexity index is 415. The molecule has 17 heavy (non-hydrogen) atoms. The molecule has 0 heterocycles. The topological polar surface area (TPSA) is 21.3 Å². The molecular formula is C14H18FNO. The Morgan fingerprint density at radius 1 is 1.41 bits per heavy atom. The second kappa shape index (κ2) is 5.70. The van der Waals surface area contributed by atoms with Crippen LogP contribution in [0.5, 0.6) is 5.75 Å². The monoisotopic (exact) mass is 235 g/mol. The Morgan fingerprint density at radius 3 is 2.65 bits per heavy atom. The normalized spacial score (nSPS) is 11.0. The van der Waals surface area contributed by atoms with Gasteiger partial charge < -0.3 is 10.1 Å². The summed E-state index contributed by atoms with van der Waals surface area (Å²) in [6.45, 7) is 6.89. The number of nitrogens with one attached hydrogen (secondary N) is 1. The summed E-state index contributed by atoms with van der Waals surface area (Å²) in [6, 6.07) is 4.89. The van der Waals surface area contributed by atoms with Gasteiger partial charge in [-0.25, -0.2) is 4.39 Å². The van der Waals surface area contributed by atoms with Gasteiger partial charge in [-0.1, -0.05) is 12.0 Å². The highest BCUT2D eigenvalue weighted by atomic mass is 19.1. The summed E-state index contributed by atoms with van der Waals surface area (Å²) in [4.78, 5) is 0. The molecule has 0 aliphatic heterocycles. The Hall–Kier alpha value is -1.53. The van der Waals surface area contributed by atoms with Crippen LogP contribution in [-0.2, 0) is 6.54 Å². The molecule has 0 bridgehead atoms. The molecule has 0 atom stereocenters. The van der Waals surface area contributed by atoms with Crippen LogP contribution in [0.1, 0.15) is 26.3 Å². The Morgan fingerprint density at radius 2 is 2.12 bits per heavy atom. The van der Waals surface area contributed by atoms with Crippen LogP contribution in [0.3, 0.4) is 0 Å². The molecule has 0 aromatic heterocycles. The summed E-state index contributed by atoms with van der Waals surface area (Å²) in [6.07, 6.45) is 5.04. The lowest BCUT2D eigenvalue weighted by Gasteiger charge is -2.20. The average Bonchev–Trinajstić information content (AvgIpc) is 2.24. The minimum atomic E-state index is -0.381. The van der Waals surface area contributed by atoms with Crippen molar-refractivity contribution >= 4 is 0 Å². The van der Waals surface area contributed by atoms with Crippen LogP contribution in [0, 0.1) is 18.2 Å². The third-order valence-electron chi connectivity index (χ3n) is 2.13. The Kier molecular flexibility index (Phi) is 4.53. The summed E-state index contributed by atoms with van der Waals surface area (Å²) in [7, 11) is 0. The lowest BCUT2D eigenvalue weighted by Crippen LogP contribution is -2.35. The van der Waals surface area contributed by atoms with Crippen molar-refractivity contribution in [1.29, 1.82) is 0 Å². The van der Waals surface area contributed by atoms with Crippen molar-refractivity contribution in [3.8, 4) is 18.1 Å². The van der Waals surface area contributed by atoms with Gasteiger partial charge in [-0.05, 0) is 38.5 Å². The van der Waals surface area contributed by atoms with Crippen molar-refractivity contribution in [3.63, 3.8) is 0 Å². The summed E-state index contributed by atoms with van der Waals surface area (Å²) >= 11 is 0. The molecule has 0 fully saturated rings. The second-order valence-electron chi connectivity index (χ2n) is 4.86. The van der Waals surface area contributed by atoms with E-state index >= 15 is 0 Å². The average molecular weight is 235 g/mol. The molecule has 3 heteroatoms. The van der Waals surface area contributed by atoms with E-state index in [9.17, 15) is 4.39 Å². The molecule has 0 radical (unpaired) electrons. The summed E-state index contributed by atoms with van der Waals surface area (Å²) in [5.74, 6) is 2.12. The first kappa shape index (κ1) is 13.5. The third kappa shape index (κ3) is 4.88. The first-order chi connectivity index (χ1) is 7.92. The zero-order valence-corrected chi connectivity index (χ0v) is 10.5. The number of hydrogen-bond donors (Lipinski definition) is 1. The maximum atomic E-state index is 13.6. The van der Waals surface area contributed by atoms with Crippen LogP contribution in [0.15, 0.2) is 18.2 Å². The van der Waals surface area contributed by atoms with E-state index in [1.165, 1.54) is 6.07 Å². The number of ether oxygens (including phenoxy) is 1. The van der Waals surface area contributed by atoms with Crippen LogP contribution in [0.4, 0.5) is 4.39 Å². The van der Waals surface area contributed by atoms with Gasteiger partial charge in [-0.2, -0.15) is 0 Å². The zero-order valence-electron chi connectivity index (χ0n) is 10.5. The quantitative estimate of drug-likeness (QED) is 0.810. The van der Waals surface area contributed by atoms with Crippen molar-refractivity contribution in [3.05, 3.63) is 29.6 Å². The van der Waals surface area contributed by atoms with Gasteiger partial charge in [0.25, 0.3) is 0 Å². The minimum Gasteiger partial charge on any atom is -0.478 e. The Balaban J connectivity index is 2.66. The van der Waals surface area contributed by atoms with E-state index < -0.39 is 0 Å². The number of rotatable bonds is 4. The second-order valence-corrected chi connectivity index (χ2v) is 4.86. The van der Waals surface area contributed by atoms with Gasteiger partial charge in [-0.15, -0.1) is 6.42 Å². The lowest BCUT2D eigenvalue weighted by atomic mass is 10.1. The summed E-state index contributed by atoms with van der Waals surface area (Å²) < 4.78 is 18.6. The highest BCUT2D eigenvalue weighted by Gasteiger charge is 2.10. The summed E-state index contributed by atoms with van der Waals surface area (Å²) in [5, 5.41) is 3.29. The maximum Gasteiger partial charge on any atom is 0.165 e. The Labute approximate surface area is 102 Å². The molecule has 0 saturated carbocycles. The molecule has 1 rings (SSSR count). The maximum absolute atomic E-state index is 13.6. The number of benzene rings is 1. The van der Waals surface area contributed by atoms with Crippen molar-refractivity contribution in [2.75, 3.05) is 6.61 Å². The fourth-order valence-electron chi connectivity index (χ4n) is 1.26. The molecule has 0 aliphatic rings. The number of halogens is 1. The van der Waals surface area contributed by atoms with E-state index in [4.69, 9.17) is 11.2 Å². The van der Waals surface area contributed by atoms with Gasteiger partial charge in [0.2, 0.25) is 0 Å². The molecule has 1 N–H and O–H groups in total. The highest BCUT2D eigenvalue weighted by molar-refractivity contribution is 5.29. The van der Waals surface area contributed by atoms with Gasteiger partial charge in [0, 0.05) is 12.1 Å². The van der Waals surface area contributed by atoms with Crippen LogP contribution < -0.4 is 10.1 Å². The number of terminal acetylenes is 1. The molecule has 0 spiro atoms. The van der Waals surface area contributed by atoms with E-state index in [1.807, 2.05) is 6.07 Å². The van der Waals surface area contributed by atoms with Crippen molar-refractivity contribution in [1.82, 2.24) is 5.32 Å². The smallest absolute Gasteiger partial charge is 0.165 e. The first-order valence-electron chi connectivity index (χ1n) is 5.52. The van der Waals surface area contributed by atoms with Crippen LogP contribution in [0.2, 0.25) is 0 Å². The fraction of sp³-hybridized carbons (Fsp3) is 0.429. The van der Waals surface area contributed by atoms with E-state index in [-0.39, 0.29) is 23.7 Å². The van der Waals surface area contributed by atoms with Gasteiger partial charge in [-0.3, -0.25) is 0 Å². The van der Waals surface area contributed by atoms with Crippen LogP contribution in [0.25, 0.3) is 0 Å². The van der Waals surface area contributed by atoms with Crippen molar-refractivity contribution < 1.29 is 9.13 Å². The van der Waals surface area contributed by atoms with Crippen LogP contribution in [-0.4, -0.2) is 12.1 Å². The molecule has 1 aromatic carbocycles. The number of hydrogen-bond acceptors (Lipinski definition) is 2. The molecule has 1 aromatic rings. The predicted octanol–water partition coefficient (Wildman–Crippen LogP) is 2.73. The molecule has 0 saturated heterocycles. The molecule has 92 valence electrons. The van der Waals surface area contributed by atoms with E-state index in [2.05, 4.69) is 32.0 Å². The van der Waals surface area contributed by atoms with E-state index in [1.54, 1.807) is 6.07 Å². The van der Waals surface area contributed by atoms with Crippen LogP contribution >= 0.6 is 0 Å². The van der Waals surface area contributed by atoms with Gasteiger partial charge in [0.15, 0.2) is 11.6 Å². The summed E-state index contributed by atoms with van der Waals surface area (Å²) in [5.41, 5.74) is 0.889. The standard InChI is InChI=1S/C14H18FNO/c1-5-8-17-13-7-6-11(9-12(13)15)10-16-14(2,3)4/h1,6-7,9,16H,8,10H2,2-4H3. The van der Waals surface area contributed by atoms with Crippen molar-refractivity contribution in [2.45, 2.75) is 32.9 Å². The minimum absolute atomic E-state index is 0.00904. The molecule has 0 aliphatic carbocycles. The van der Waals surface area contributed by atoms with Gasteiger partial charge >= 0.3 is 0 Å². The highest BCUT2D eigenvalue weighted by Crippen LogP contribution is 2.18. The van der Waals surface area contributed by atoms with Crippen molar-refractivity contribution in [2.24, 2.45) is 0 Å². The first-order valence-corrected chi connectivity index (χ1v) is 5.52. The zero-order chi connectivity index (χ0) is 12.9. The lowest BCUT2D eigenvalue weighted by molar-refractivity contribution is 0.347. The van der Waals surface area contributed by atoms with E-state index in [0.717, 1.165) is 5.56 Å². The third-order valence-corrected chi connectivity index (χ3v) is 2.13. The fourth-order valence-corrected chi connectivity index (χ4v) is 1.26. The molecule has 0 unspecified atom stereocenters. The van der Waals surface area contributed by atoms with Gasteiger partial charge in [0.1, 0.15) is 6.61 Å². The molecule has 0 amide bonds. The molecule has 2 nitrogen and oxygen atoms in total. The van der Waals surface area contributed by atoms with Gasteiger partial charge in [0.05, 0.1) is 0 Å².